The van der Waals surface area contributed by atoms with Crippen LogP contribution in [-0.2, 0) is 11.3 Å². The van der Waals surface area contributed by atoms with Crippen molar-refractivity contribution in [3.8, 4) is 0 Å². The number of esters is 1. The molecule has 0 saturated heterocycles. The molecule has 20 heavy (non-hydrogen) atoms. The molecular formula is C16H22FNO2. The zero-order valence-corrected chi connectivity index (χ0v) is 12.1. The maximum atomic E-state index is 13.8. The molecule has 4 heteroatoms. The number of nitrogens with one attached hydrogen (secondary N) is 1. The highest BCUT2D eigenvalue weighted by molar-refractivity contribution is 5.89. The van der Waals surface area contributed by atoms with Crippen LogP contribution in [0.5, 0.6) is 0 Å². The minimum absolute atomic E-state index is 0.0138. The van der Waals surface area contributed by atoms with Gasteiger partial charge in [-0.2, -0.15) is 0 Å². The number of carbonyl (C=O) groups is 1. The second-order valence-corrected chi connectivity index (χ2v) is 5.52. The minimum Gasteiger partial charge on any atom is -0.465 e. The van der Waals surface area contributed by atoms with E-state index in [0.29, 0.717) is 12.6 Å². The summed E-state index contributed by atoms with van der Waals surface area (Å²) in [7, 11) is 1.25. The van der Waals surface area contributed by atoms with Crippen molar-refractivity contribution in [3.63, 3.8) is 0 Å². The predicted molar refractivity (Wildman–Crippen MR) is 76.0 cm³/mol. The first-order valence-electron chi connectivity index (χ1n) is 7.22. The molecule has 1 N–H and O–H groups in total. The molecule has 1 aliphatic rings. The van der Waals surface area contributed by atoms with E-state index >= 15 is 0 Å². The lowest BCUT2D eigenvalue weighted by atomic mass is 9.99. The van der Waals surface area contributed by atoms with Gasteiger partial charge in [0.2, 0.25) is 0 Å². The summed E-state index contributed by atoms with van der Waals surface area (Å²) in [4.78, 5) is 11.3. The van der Waals surface area contributed by atoms with Crippen LogP contribution in [0, 0.1) is 11.7 Å². The molecule has 0 heterocycles. The lowest BCUT2D eigenvalue weighted by Gasteiger charge is -2.20. The number of benzene rings is 1. The molecule has 0 aliphatic heterocycles. The monoisotopic (exact) mass is 279 g/mol. The van der Waals surface area contributed by atoms with Crippen molar-refractivity contribution in [1.82, 2.24) is 5.32 Å². The number of methoxy groups -OCH3 is 1. The maximum Gasteiger partial charge on any atom is 0.340 e. The Balaban J connectivity index is 1.93. The standard InChI is InChI=1S/C16H22FNO2/c1-11(13-5-3-4-6-13)18-10-12-7-8-14(15(17)9-12)16(19)20-2/h7-9,11,13,18H,3-6,10H2,1-2H3/t11-/m1/s1. The van der Waals surface area contributed by atoms with Gasteiger partial charge in [0.05, 0.1) is 12.7 Å². The summed E-state index contributed by atoms with van der Waals surface area (Å²) in [5.41, 5.74) is 0.833. The van der Waals surface area contributed by atoms with Gasteiger partial charge in [-0.05, 0) is 43.4 Å². The summed E-state index contributed by atoms with van der Waals surface area (Å²) >= 11 is 0. The molecule has 0 bridgehead atoms. The Bertz CT molecular complexity index is 470. The predicted octanol–water partition coefficient (Wildman–Crippen LogP) is 3.28. The summed E-state index contributed by atoms with van der Waals surface area (Å²) in [6.45, 7) is 2.81. The molecule has 3 nitrogen and oxygen atoms in total. The lowest BCUT2D eigenvalue weighted by Crippen LogP contribution is -2.31. The van der Waals surface area contributed by atoms with Crippen LogP contribution in [0.25, 0.3) is 0 Å². The molecule has 1 atom stereocenters. The van der Waals surface area contributed by atoms with Gasteiger partial charge in [-0.15, -0.1) is 0 Å². The number of hydrogen-bond acceptors (Lipinski definition) is 3. The molecule has 0 unspecified atom stereocenters. The molecule has 0 spiro atoms. The summed E-state index contributed by atoms with van der Waals surface area (Å²) in [5, 5.41) is 3.45. The minimum atomic E-state index is -0.638. The van der Waals surface area contributed by atoms with Crippen LogP contribution in [-0.4, -0.2) is 19.1 Å². The average Bonchev–Trinajstić information content (AvgIpc) is 2.98. The fraction of sp³-hybridized carbons (Fsp3) is 0.562. The topological polar surface area (TPSA) is 38.3 Å². The van der Waals surface area contributed by atoms with Crippen LogP contribution < -0.4 is 5.32 Å². The van der Waals surface area contributed by atoms with E-state index < -0.39 is 11.8 Å². The Morgan fingerprint density at radius 3 is 2.75 bits per heavy atom. The van der Waals surface area contributed by atoms with Gasteiger partial charge in [0.25, 0.3) is 0 Å². The lowest BCUT2D eigenvalue weighted by molar-refractivity contribution is 0.0595. The van der Waals surface area contributed by atoms with Crippen LogP contribution in [0.15, 0.2) is 18.2 Å². The number of halogens is 1. The van der Waals surface area contributed by atoms with E-state index in [9.17, 15) is 9.18 Å². The number of hydrogen-bond donors (Lipinski definition) is 1. The van der Waals surface area contributed by atoms with E-state index in [1.807, 2.05) is 0 Å². The average molecular weight is 279 g/mol. The van der Waals surface area contributed by atoms with Gasteiger partial charge in [0.1, 0.15) is 5.82 Å². The fourth-order valence-corrected chi connectivity index (χ4v) is 2.85. The van der Waals surface area contributed by atoms with Crippen LogP contribution in [0.2, 0.25) is 0 Å². The molecule has 1 saturated carbocycles. The van der Waals surface area contributed by atoms with Crippen LogP contribution in [0.4, 0.5) is 4.39 Å². The van der Waals surface area contributed by atoms with Gasteiger partial charge in [0, 0.05) is 12.6 Å². The van der Waals surface area contributed by atoms with Gasteiger partial charge in [-0.3, -0.25) is 0 Å². The smallest absolute Gasteiger partial charge is 0.340 e. The first-order chi connectivity index (χ1) is 9.61. The zero-order chi connectivity index (χ0) is 14.5. The van der Waals surface area contributed by atoms with Gasteiger partial charge in [0.15, 0.2) is 0 Å². The highest BCUT2D eigenvalue weighted by Crippen LogP contribution is 2.27. The Morgan fingerprint density at radius 1 is 1.45 bits per heavy atom. The molecule has 1 fully saturated rings. The maximum absolute atomic E-state index is 13.8. The van der Waals surface area contributed by atoms with E-state index in [4.69, 9.17) is 0 Å². The third kappa shape index (κ3) is 3.57. The van der Waals surface area contributed by atoms with E-state index in [1.54, 1.807) is 6.07 Å². The molecule has 0 radical (unpaired) electrons. The van der Waals surface area contributed by atoms with Gasteiger partial charge in [-0.25, -0.2) is 9.18 Å². The molecule has 1 aliphatic carbocycles. The Kier molecular flexibility index (Phi) is 5.12. The molecule has 0 amide bonds. The Labute approximate surface area is 119 Å². The van der Waals surface area contributed by atoms with Crippen molar-refractivity contribution in [2.45, 2.75) is 45.2 Å². The number of ether oxygens (including phenoxy) is 1. The molecule has 1 aromatic rings. The van der Waals surface area contributed by atoms with Gasteiger partial charge in [-0.1, -0.05) is 18.9 Å². The Morgan fingerprint density at radius 2 is 2.15 bits per heavy atom. The van der Waals surface area contributed by atoms with Crippen molar-refractivity contribution in [2.75, 3.05) is 7.11 Å². The second-order valence-electron chi connectivity index (χ2n) is 5.52. The van der Waals surface area contributed by atoms with E-state index in [1.165, 1.54) is 44.9 Å². The fourth-order valence-electron chi connectivity index (χ4n) is 2.85. The first kappa shape index (κ1) is 15.0. The van der Waals surface area contributed by atoms with Crippen molar-refractivity contribution < 1.29 is 13.9 Å². The van der Waals surface area contributed by atoms with Crippen molar-refractivity contribution in [2.24, 2.45) is 5.92 Å². The van der Waals surface area contributed by atoms with Crippen molar-refractivity contribution >= 4 is 5.97 Å². The summed E-state index contributed by atoms with van der Waals surface area (Å²) in [6.07, 6.45) is 5.20. The van der Waals surface area contributed by atoms with Crippen LogP contribution >= 0.6 is 0 Å². The SMILES string of the molecule is COC(=O)c1ccc(CN[C@H](C)C2CCCC2)cc1F. The Hall–Kier alpha value is -1.42. The van der Waals surface area contributed by atoms with Gasteiger partial charge >= 0.3 is 5.97 Å². The molecular weight excluding hydrogens is 257 g/mol. The van der Waals surface area contributed by atoms with E-state index in [0.717, 1.165) is 11.5 Å². The first-order valence-corrected chi connectivity index (χ1v) is 7.22. The van der Waals surface area contributed by atoms with E-state index in [-0.39, 0.29) is 5.56 Å². The van der Waals surface area contributed by atoms with E-state index in [2.05, 4.69) is 17.0 Å². The highest BCUT2D eigenvalue weighted by atomic mass is 19.1. The number of carbonyl (C=O) groups excluding carboxylic acids is 1. The summed E-state index contributed by atoms with van der Waals surface area (Å²) in [6, 6.07) is 5.10. The molecule has 1 aromatic carbocycles. The van der Waals surface area contributed by atoms with Crippen molar-refractivity contribution in [1.29, 1.82) is 0 Å². The summed E-state index contributed by atoms with van der Waals surface area (Å²) < 4.78 is 18.3. The van der Waals surface area contributed by atoms with Crippen LogP contribution in [0.3, 0.4) is 0 Å². The summed E-state index contributed by atoms with van der Waals surface area (Å²) in [5.74, 6) is -0.430. The highest BCUT2D eigenvalue weighted by Gasteiger charge is 2.21. The molecule has 0 aromatic heterocycles. The van der Waals surface area contributed by atoms with Crippen molar-refractivity contribution in [3.05, 3.63) is 35.1 Å². The van der Waals surface area contributed by atoms with Gasteiger partial charge < -0.3 is 10.1 Å². The quantitative estimate of drug-likeness (QED) is 0.841. The largest absolute Gasteiger partial charge is 0.465 e. The molecule has 2 rings (SSSR count). The third-order valence-electron chi connectivity index (χ3n) is 4.17. The molecule has 110 valence electrons. The van der Waals surface area contributed by atoms with Crippen LogP contribution in [0.1, 0.15) is 48.5 Å². The zero-order valence-electron chi connectivity index (χ0n) is 12.1. The second kappa shape index (κ2) is 6.84. The third-order valence-corrected chi connectivity index (χ3v) is 4.17. The normalized spacial score (nSPS) is 17.1. The number of rotatable bonds is 5.